The summed E-state index contributed by atoms with van der Waals surface area (Å²) in [5.41, 5.74) is 5.19. The first kappa shape index (κ1) is 21.3. The Morgan fingerprint density at radius 1 is 0.970 bits per heavy atom. The van der Waals surface area contributed by atoms with Crippen LogP contribution >= 0.6 is 0 Å². The lowest BCUT2D eigenvalue weighted by Gasteiger charge is -2.31. The number of anilines is 1. The Morgan fingerprint density at radius 2 is 1.73 bits per heavy atom. The van der Waals surface area contributed by atoms with Crippen LogP contribution in [0.2, 0.25) is 0 Å². The average molecular weight is 444 g/mol. The SMILES string of the molecule is CN1CCN(CC(=O)Nc2ccc(-c3cccc(-c4nc5ccc(F)cc5[nH]4)c3)cc2)CC1. The molecule has 1 fully saturated rings. The highest BCUT2D eigenvalue weighted by atomic mass is 19.1. The van der Waals surface area contributed by atoms with Gasteiger partial charge in [0.15, 0.2) is 0 Å². The summed E-state index contributed by atoms with van der Waals surface area (Å²) in [4.78, 5) is 24.6. The second kappa shape index (κ2) is 9.13. The molecule has 0 aliphatic carbocycles. The number of piperazine rings is 1. The highest BCUT2D eigenvalue weighted by Gasteiger charge is 2.16. The third-order valence-electron chi connectivity index (χ3n) is 6.05. The molecule has 2 N–H and O–H groups in total. The standard InChI is InChI=1S/C26H26FN5O/c1-31-11-13-32(14-12-31)17-25(33)28-22-8-5-18(6-9-22)19-3-2-4-20(15-19)26-29-23-10-7-21(27)16-24(23)30-26/h2-10,15-16H,11-14,17H2,1H3,(H,28,33)(H,29,30). The molecule has 1 aliphatic rings. The van der Waals surface area contributed by atoms with Crippen molar-refractivity contribution in [1.82, 2.24) is 19.8 Å². The van der Waals surface area contributed by atoms with Crippen LogP contribution in [0, 0.1) is 5.82 Å². The van der Waals surface area contributed by atoms with Crippen molar-refractivity contribution in [3.63, 3.8) is 0 Å². The number of amides is 1. The fourth-order valence-corrected chi connectivity index (χ4v) is 4.12. The number of carbonyl (C=O) groups is 1. The maximum atomic E-state index is 13.5. The summed E-state index contributed by atoms with van der Waals surface area (Å²) in [6.45, 7) is 4.23. The summed E-state index contributed by atoms with van der Waals surface area (Å²) in [5.74, 6) is 0.419. The van der Waals surface area contributed by atoms with Crippen LogP contribution in [0.25, 0.3) is 33.5 Å². The maximum Gasteiger partial charge on any atom is 0.238 e. The van der Waals surface area contributed by atoms with Gasteiger partial charge in [-0.1, -0.05) is 30.3 Å². The van der Waals surface area contributed by atoms with E-state index in [0.717, 1.165) is 54.1 Å². The van der Waals surface area contributed by atoms with E-state index in [9.17, 15) is 9.18 Å². The molecule has 7 heteroatoms. The molecule has 168 valence electrons. The predicted molar refractivity (Wildman–Crippen MR) is 129 cm³/mol. The number of fused-ring (bicyclic) bond motifs is 1. The summed E-state index contributed by atoms with van der Waals surface area (Å²) >= 11 is 0. The summed E-state index contributed by atoms with van der Waals surface area (Å²) in [7, 11) is 2.10. The van der Waals surface area contributed by atoms with Crippen molar-refractivity contribution in [1.29, 1.82) is 0 Å². The number of aromatic amines is 1. The Labute approximate surface area is 192 Å². The lowest BCUT2D eigenvalue weighted by atomic mass is 10.0. The first-order valence-electron chi connectivity index (χ1n) is 11.1. The van der Waals surface area contributed by atoms with E-state index in [1.54, 1.807) is 6.07 Å². The van der Waals surface area contributed by atoms with Crippen LogP contribution in [0.1, 0.15) is 0 Å². The Morgan fingerprint density at radius 3 is 2.52 bits per heavy atom. The second-order valence-corrected chi connectivity index (χ2v) is 8.53. The molecule has 0 spiro atoms. The highest BCUT2D eigenvalue weighted by Crippen LogP contribution is 2.27. The van der Waals surface area contributed by atoms with Crippen LogP contribution in [-0.4, -0.2) is 65.4 Å². The molecule has 0 atom stereocenters. The van der Waals surface area contributed by atoms with Crippen LogP contribution in [0.4, 0.5) is 10.1 Å². The number of aromatic nitrogens is 2. The zero-order valence-corrected chi connectivity index (χ0v) is 18.5. The molecule has 5 rings (SSSR count). The van der Waals surface area contributed by atoms with Crippen LogP contribution in [0.15, 0.2) is 66.7 Å². The van der Waals surface area contributed by atoms with Crippen LogP contribution in [0.5, 0.6) is 0 Å². The van der Waals surface area contributed by atoms with Gasteiger partial charge in [-0.2, -0.15) is 0 Å². The number of benzene rings is 3. The topological polar surface area (TPSA) is 64.3 Å². The summed E-state index contributed by atoms with van der Waals surface area (Å²) < 4.78 is 13.5. The van der Waals surface area contributed by atoms with Crippen LogP contribution in [-0.2, 0) is 4.79 Å². The van der Waals surface area contributed by atoms with Gasteiger partial charge in [0.05, 0.1) is 17.6 Å². The molecule has 0 unspecified atom stereocenters. The minimum atomic E-state index is -0.290. The van der Waals surface area contributed by atoms with Gasteiger partial charge in [0.25, 0.3) is 0 Å². The molecule has 0 bridgehead atoms. The van der Waals surface area contributed by atoms with Crippen molar-refractivity contribution in [2.75, 3.05) is 45.1 Å². The van der Waals surface area contributed by atoms with Crippen molar-refractivity contribution in [3.8, 4) is 22.5 Å². The van der Waals surface area contributed by atoms with E-state index in [2.05, 4.69) is 38.2 Å². The van der Waals surface area contributed by atoms with Crippen LogP contribution < -0.4 is 5.32 Å². The molecule has 1 aromatic heterocycles. The molecular weight excluding hydrogens is 417 g/mol. The molecule has 6 nitrogen and oxygen atoms in total. The third kappa shape index (κ3) is 4.94. The molecule has 2 heterocycles. The fraction of sp³-hybridized carbons (Fsp3) is 0.231. The largest absolute Gasteiger partial charge is 0.338 e. The van der Waals surface area contributed by atoms with Gasteiger partial charge in [0.2, 0.25) is 5.91 Å². The number of imidazole rings is 1. The Balaban J connectivity index is 1.27. The van der Waals surface area contributed by atoms with Crippen molar-refractivity contribution < 1.29 is 9.18 Å². The van der Waals surface area contributed by atoms with Gasteiger partial charge < -0.3 is 15.2 Å². The quantitative estimate of drug-likeness (QED) is 0.485. The van der Waals surface area contributed by atoms with Gasteiger partial charge in [-0.3, -0.25) is 9.69 Å². The molecule has 0 saturated carbocycles. The number of carbonyl (C=O) groups excluding carboxylic acids is 1. The Hall–Kier alpha value is -3.55. The zero-order valence-electron chi connectivity index (χ0n) is 18.5. The van der Waals surface area contributed by atoms with E-state index < -0.39 is 0 Å². The van der Waals surface area contributed by atoms with E-state index in [4.69, 9.17) is 0 Å². The lowest BCUT2D eigenvalue weighted by molar-refractivity contribution is -0.117. The number of nitrogens with one attached hydrogen (secondary N) is 2. The summed E-state index contributed by atoms with van der Waals surface area (Å²) in [6.07, 6.45) is 0. The summed E-state index contributed by atoms with van der Waals surface area (Å²) in [5, 5.41) is 3.00. The van der Waals surface area contributed by atoms with Crippen molar-refractivity contribution in [2.45, 2.75) is 0 Å². The number of rotatable bonds is 5. The molecule has 4 aromatic rings. The van der Waals surface area contributed by atoms with Crippen molar-refractivity contribution >= 4 is 22.6 Å². The van der Waals surface area contributed by atoms with Gasteiger partial charge in [-0.05, 0) is 54.6 Å². The number of hydrogen-bond donors (Lipinski definition) is 2. The molecule has 0 radical (unpaired) electrons. The first-order valence-corrected chi connectivity index (χ1v) is 11.1. The van der Waals surface area contributed by atoms with Gasteiger partial charge in [0, 0.05) is 37.4 Å². The van der Waals surface area contributed by atoms with Gasteiger partial charge in [-0.25, -0.2) is 9.37 Å². The van der Waals surface area contributed by atoms with Crippen LogP contribution in [0.3, 0.4) is 0 Å². The maximum absolute atomic E-state index is 13.5. The number of halogens is 1. The molecular formula is C26H26FN5O. The highest BCUT2D eigenvalue weighted by molar-refractivity contribution is 5.92. The average Bonchev–Trinajstić information content (AvgIpc) is 3.24. The Bertz CT molecular complexity index is 1280. The molecule has 1 saturated heterocycles. The van der Waals surface area contributed by atoms with Gasteiger partial charge in [0.1, 0.15) is 11.6 Å². The number of nitrogens with zero attached hydrogens (tertiary/aromatic N) is 3. The van der Waals surface area contributed by atoms with E-state index in [1.807, 2.05) is 42.5 Å². The fourth-order valence-electron chi connectivity index (χ4n) is 4.12. The minimum absolute atomic E-state index is 0.00984. The Kier molecular flexibility index (Phi) is 5.90. The van der Waals surface area contributed by atoms with E-state index in [-0.39, 0.29) is 11.7 Å². The van der Waals surface area contributed by atoms with E-state index >= 15 is 0 Å². The van der Waals surface area contributed by atoms with E-state index in [1.165, 1.54) is 12.1 Å². The monoisotopic (exact) mass is 443 g/mol. The molecule has 33 heavy (non-hydrogen) atoms. The second-order valence-electron chi connectivity index (χ2n) is 8.53. The summed E-state index contributed by atoms with van der Waals surface area (Å²) in [6, 6.07) is 20.4. The molecule has 3 aromatic carbocycles. The molecule has 1 aliphatic heterocycles. The smallest absolute Gasteiger partial charge is 0.238 e. The van der Waals surface area contributed by atoms with Crippen molar-refractivity contribution in [3.05, 3.63) is 72.5 Å². The van der Waals surface area contributed by atoms with E-state index in [0.29, 0.717) is 17.9 Å². The molecule has 1 amide bonds. The number of hydrogen-bond acceptors (Lipinski definition) is 4. The number of likely N-dealkylation sites (N-methyl/N-ethyl adjacent to an activating group) is 1. The minimum Gasteiger partial charge on any atom is -0.338 e. The lowest BCUT2D eigenvalue weighted by Crippen LogP contribution is -2.47. The zero-order chi connectivity index (χ0) is 22.8. The number of H-pyrrole nitrogens is 1. The predicted octanol–water partition coefficient (Wildman–Crippen LogP) is 4.22. The third-order valence-corrected chi connectivity index (χ3v) is 6.05. The van der Waals surface area contributed by atoms with Gasteiger partial charge in [-0.15, -0.1) is 0 Å². The van der Waals surface area contributed by atoms with Gasteiger partial charge >= 0.3 is 0 Å². The first-order chi connectivity index (χ1) is 16.0. The normalized spacial score (nSPS) is 15.1. The van der Waals surface area contributed by atoms with Crippen molar-refractivity contribution in [2.24, 2.45) is 0 Å².